The first kappa shape index (κ1) is 14.2. The molecule has 2 aromatic heterocycles. The lowest BCUT2D eigenvalue weighted by Crippen LogP contribution is -2.09. The molecule has 2 rings (SSSR count). The molecule has 1 unspecified atom stereocenters. The van der Waals surface area contributed by atoms with Crippen LogP contribution in [0.4, 0.5) is 0 Å². The summed E-state index contributed by atoms with van der Waals surface area (Å²) >= 11 is 1.50. The van der Waals surface area contributed by atoms with Crippen molar-refractivity contribution in [2.75, 3.05) is 0 Å². The van der Waals surface area contributed by atoms with Gasteiger partial charge in [0.15, 0.2) is 0 Å². The summed E-state index contributed by atoms with van der Waals surface area (Å²) in [6.45, 7) is 6.28. The fraction of sp³-hybridized carbons (Fsp3) is 0.571. The topological polar surface area (TPSA) is 50.9 Å². The first-order valence-corrected chi connectivity index (χ1v) is 7.66. The van der Waals surface area contributed by atoms with Crippen LogP contribution in [0.2, 0.25) is 0 Å². The molecule has 0 saturated heterocycles. The van der Waals surface area contributed by atoms with Crippen LogP contribution in [-0.4, -0.2) is 19.9 Å². The van der Waals surface area contributed by atoms with E-state index in [1.165, 1.54) is 11.3 Å². The Morgan fingerprint density at radius 1 is 1.37 bits per heavy atom. The van der Waals surface area contributed by atoms with Crippen molar-refractivity contribution in [3.63, 3.8) is 0 Å². The number of rotatable bonds is 6. The first-order chi connectivity index (χ1) is 9.13. The van der Waals surface area contributed by atoms with Gasteiger partial charge in [0.05, 0.1) is 11.7 Å². The molecule has 0 aliphatic carbocycles. The standard InChI is InChI=1S/C14H21N3OS/c1-4-12(5-2)17-7-6-11(16-17)8-13(18)14-15-10(3)9-19-14/h6-7,9,12-13,18H,4-5,8H2,1-3H3. The van der Waals surface area contributed by atoms with E-state index in [0.29, 0.717) is 12.5 Å². The Morgan fingerprint density at radius 3 is 2.68 bits per heavy atom. The Bertz CT molecular complexity index is 516. The van der Waals surface area contributed by atoms with Crippen molar-refractivity contribution < 1.29 is 5.11 Å². The van der Waals surface area contributed by atoms with Crippen molar-refractivity contribution in [1.82, 2.24) is 14.8 Å². The molecule has 0 aliphatic rings. The highest BCUT2D eigenvalue weighted by molar-refractivity contribution is 7.09. The molecule has 0 fully saturated rings. The van der Waals surface area contributed by atoms with Crippen LogP contribution < -0.4 is 0 Å². The fourth-order valence-electron chi connectivity index (χ4n) is 2.16. The van der Waals surface area contributed by atoms with Crippen molar-refractivity contribution in [3.05, 3.63) is 34.0 Å². The van der Waals surface area contributed by atoms with E-state index in [2.05, 4.69) is 23.9 Å². The molecule has 0 amide bonds. The maximum atomic E-state index is 10.1. The van der Waals surface area contributed by atoms with Gasteiger partial charge in [-0.2, -0.15) is 5.10 Å². The van der Waals surface area contributed by atoms with E-state index < -0.39 is 6.10 Å². The molecule has 2 aromatic rings. The lowest BCUT2D eigenvalue weighted by atomic mass is 10.2. The van der Waals surface area contributed by atoms with E-state index in [9.17, 15) is 5.11 Å². The van der Waals surface area contributed by atoms with E-state index in [1.807, 2.05) is 29.2 Å². The number of hydrogen-bond acceptors (Lipinski definition) is 4. The highest BCUT2D eigenvalue weighted by Crippen LogP contribution is 2.22. The summed E-state index contributed by atoms with van der Waals surface area (Å²) in [5.74, 6) is 0. The maximum Gasteiger partial charge on any atom is 0.122 e. The molecule has 1 N–H and O–H groups in total. The zero-order chi connectivity index (χ0) is 13.8. The highest BCUT2D eigenvalue weighted by Gasteiger charge is 2.15. The molecule has 1 atom stereocenters. The van der Waals surface area contributed by atoms with Gasteiger partial charge in [-0.1, -0.05) is 13.8 Å². The molecular formula is C14H21N3OS. The van der Waals surface area contributed by atoms with Crippen LogP contribution in [0.15, 0.2) is 17.6 Å². The number of hydrogen-bond donors (Lipinski definition) is 1. The van der Waals surface area contributed by atoms with Crippen LogP contribution in [0, 0.1) is 6.92 Å². The summed E-state index contributed by atoms with van der Waals surface area (Å²) < 4.78 is 2.01. The lowest BCUT2D eigenvalue weighted by Gasteiger charge is -2.12. The minimum absolute atomic E-state index is 0.452. The van der Waals surface area contributed by atoms with Gasteiger partial charge in [-0.25, -0.2) is 4.98 Å². The molecule has 0 aliphatic heterocycles. The second-order valence-corrected chi connectivity index (χ2v) is 5.69. The molecule has 0 bridgehead atoms. The Morgan fingerprint density at radius 2 is 2.11 bits per heavy atom. The van der Waals surface area contributed by atoms with E-state index in [1.54, 1.807) is 0 Å². The normalized spacial score (nSPS) is 13.1. The molecule has 0 aromatic carbocycles. The van der Waals surface area contributed by atoms with Gasteiger partial charge in [-0.15, -0.1) is 11.3 Å². The number of aryl methyl sites for hydroxylation is 1. The lowest BCUT2D eigenvalue weighted by molar-refractivity contribution is 0.176. The van der Waals surface area contributed by atoms with Gasteiger partial charge < -0.3 is 5.11 Å². The highest BCUT2D eigenvalue weighted by atomic mass is 32.1. The average molecular weight is 279 g/mol. The van der Waals surface area contributed by atoms with Crippen molar-refractivity contribution >= 4 is 11.3 Å². The van der Waals surface area contributed by atoms with Crippen molar-refractivity contribution in [1.29, 1.82) is 0 Å². The summed E-state index contributed by atoms with van der Waals surface area (Å²) in [7, 11) is 0. The van der Waals surface area contributed by atoms with Crippen LogP contribution in [-0.2, 0) is 6.42 Å². The molecule has 104 valence electrons. The smallest absolute Gasteiger partial charge is 0.122 e. The SMILES string of the molecule is CCC(CC)n1ccc(CC(O)c2nc(C)cs2)n1. The van der Waals surface area contributed by atoms with Crippen LogP contribution in [0.3, 0.4) is 0 Å². The maximum absolute atomic E-state index is 10.1. The molecule has 2 heterocycles. The molecule has 0 saturated carbocycles. The number of aliphatic hydroxyl groups excluding tert-OH is 1. The van der Waals surface area contributed by atoms with Crippen molar-refractivity contribution in [2.45, 2.75) is 52.2 Å². The summed E-state index contributed by atoms with van der Waals surface area (Å²) in [4.78, 5) is 4.31. The minimum Gasteiger partial charge on any atom is -0.386 e. The number of thiazole rings is 1. The second kappa shape index (κ2) is 6.30. The Kier molecular flexibility index (Phi) is 4.71. The largest absolute Gasteiger partial charge is 0.386 e. The third kappa shape index (κ3) is 3.42. The number of nitrogens with zero attached hydrogens (tertiary/aromatic N) is 3. The van der Waals surface area contributed by atoms with Crippen LogP contribution >= 0.6 is 11.3 Å². The molecule has 0 spiro atoms. The Labute approximate surface area is 118 Å². The second-order valence-electron chi connectivity index (χ2n) is 4.80. The van der Waals surface area contributed by atoms with Crippen LogP contribution in [0.25, 0.3) is 0 Å². The van der Waals surface area contributed by atoms with E-state index in [4.69, 9.17) is 0 Å². The molecule has 19 heavy (non-hydrogen) atoms. The summed E-state index contributed by atoms with van der Waals surface area (Å²) in [6, 6.07) is 2.44. The Balaban J connectivity index is 2.03. The van der Waals surface area contributed by atoms with Gasteiger partial charge in [-0.05, 0) is 25.8 Å². The van der Waals surface area contributed by atoms with Gasteiger partial charge in [0, 0.05) is 23.7 Å². The third-order valence-corrected chi connectivity index (χ3v) is 4.37. The van der Waals surface area contributed by atoms with Crippen LogP contribution in [0.5, 0.6) is 0 Å². The average Bonchev–Trinajstić information content (AvgIpc) is 3.00. The van der Waals surface area contributed by atoms with Crippen molar-refractivity contribution in [3.8, 4) is 0 Å². The van der Waals surface area contributed by atoms with Gasteiger partial charge in [0.1, 0.15) is 11.1 Å². The third-order valence-electron chi connectivity index (χ3n) is 3.30. The number of aromatic nitrogens is 3. The van der Waals surface area contributed by atoms with E-state index in [0.717, 1.165) is 29.2 Å². The minimum atomic E-state index is -0.552. The predicted octanol–water partition coefficient (Wildman–Crippen LogP) is 3.29. The number of aliphatic hydroxyl groups is 1. The van der Waals surface area contributed by atoms with Gasteiger partial charge in [0.2, 0.25) is 0 Å². The predicted molar refractivity (Wildman–Crippen MR) is 77.4 cm³/mol. The molecule has 5 heteroatoms. The van der Waals surface area contributed by atoms with Crippen LogP contribution in [0.1, 0.15) is 55.2 Å². The summed E-state index contributed by atoms with van der Waals surface area (Å²) in [6.07, 6.45) is 4.13. The van der Waals surface area contributed by atoms with Gasteiger partial charge >= 0.3 is 0 Å². The first-order valence-electron chi connectivity index (χ1n) is 6.78. The monoisotopic (exact) mass is 279 g/mol. The molecule has 4 nitrogen and oxygen atoms in total. The quantitative estimate of drug-likeness (QED) is 0.882. The van der Waals surface area contributed by atoms with Gasteiger partial charge in [0.25, 0.3) is 0 Å². The zero-order valence-corrected chi connectivity index (χ0v) is 12.5. The zero-order valence-electron chi connectivity index (χ0n) is 11.7. The molecular weight excluding hydrogens is 258 g/mol. The van der Waals surface area contributed by atoms with E-state index >= 15 is 0 Å². The summed E-state index contributed by atoms with van der Waals surface area (Å²) in [5.41, 5.74) is 1.88. The summed E-state index contributed by atoms with van der Waals surface area (Å²) in [5, 5.41) is 17.4. The van der Waals surface area contributed by atoms with Crippen molar-refractivity contribution in [2.24, 2.45) is 0 Å². The van der Waals surface area contributed by atoms with E-state index in [-0.39, 0.29) is 0 Å². The fourth-order valence-corrected chi connectivity index (χ4v) is 2.94. The van der Waals surface area contributed by atoms with Gasteiger partial charge in [-0.3, -0.25) is 4.68 Å². The Hall–Kier alpha value is -1.20. The molecule has 0 radical (unpaired) electrons.